The monoisotopic (exact) mass is 694 g/mol. The molecule has 0 radical (unpaired) electrons. The van der Waals surface area contributed by atoms with Gasteiger partial charge in [0.25, 0.3) is 5.52 Å². The zero-order chi connectivity index (χ0) is 29.6. The molecule has 0 saturated carbocycles. The third kappa shape index (κ3) is 6.73. The molecule has 44 heavy (non-hydrogen) atoms. The molecule has 1 aliphatic heterocycles. The maximum atomic E-state index is 6.45. The number of benzene rings is 3. The highest BCUT2D eigenvalue weighted by Gasteiger charge is 2.27. The quantitative estimate of drug-likeness (QED) is 0.140. The number of aromatic nitrogens is 1. The summed E-state index contributed by atoms with van der Waals surface area (Å²) in [5.41, 5.74) is 11.2. The van der Waals surface area contributed by atoms with Crippen LogP contribution in [0.2, 0.25) is 0 Å². The van der Waals surface area contributed by atoms with E-state index in [1.54, 1.807) is 0 Å². The Balaban J connectivity index is 0.00000384. The van der Waals surface area contributed by atoms with Gasteiger partial charge >= 0.3 is 5.89 Å². The molecule has 0 amide bonds. The van der Waals surface area contributed by atoms with E-state index in [4.69, 9.17) is 14.1 Å². The second kappa shape index (κ2) is 14.7. The number of fused-ring (bicyclic) bond motifs is 1. The Hall–Kier alpha value is -3.97. The molecule has 0 saturated heterocycles. The Morgan fingerprint density at radius 1 is 0.932 bits per heavy atom. The number of allylic oxidation sites excluding steroid dienone is 7. The Morgan fingerprint density at radius 2 is 1.68 bits per heavy atom. The van der Waals surface area contributed by atoms with Gasteiger partial charge < -0.3 is 33.1 Å². The molecule has 6 rings (SSSR count). The second-order valence-corrected chi connectivity index (χ2v) is 10.9. The molecule has 4 nitrogen and oxygen atoms in total. The fourth-order valence-corrected chi connectivity index (χ4v) is 5.79. The van der Waals surface area contributed by atoms with E-state index in [1.807, 2.05) is 12.1 Å². The number of oxazole rings is 1. The van der Waals surface area contributed by atoms with Gasteiger partial charge in [0, 0.05) is 22.8 Å². The number of hydrogen-bond donors (Lipinski definition) is 0. The number of hydrogen-bond acceptors (Lipinski definition) is 3. The summed E-state index contributed by atoms with van der Waals surface area (Å²) in [4.78, 5) is 5.08. The van der Waals surface area contributed by atoms with Crippen LogP contribution in [0.25, 0.3) is 28.3 Å². The number of aryl methyl sites for hydroxylation is 1. The van der Waals surface area contributed by atoms with Crippen molar-refractivity contribution < 1.29 is 37.7 Å². The number of ether oxygens (including phenoxy) is 1. The molecule has 0 fully saturated rings. The molecule has 0 unspecified atom stereocenters. The van der Waals surface area contributed by atoms with Gasteiger partial charge in [-0.05, 0) is 67.0 Å². The minimum atomic E-state index is 0. The molecular weight excluding hydrogens is 655 g/mol. The minimum Gasteiger partial charge on any atom is -1.00 e. The van der Waals surface area contributed by atoms with Gasteiger partial charge in [0.1, 0.15) is 13.2 Å². The highest BCUT2D eigenvalue weighted by molar-refractivity contribution is 6.17. The van der Waals surface area contributed by atoms with E-state index in [0.717, 1.165) is 77.5 Å². The lowest BCUT2D eigenvalue weighted by Gasteiger charge is -2.12. The third-order valence-corrected chi connectivity index (χ3v) is 8.15. The Labute approximate surface area is 277 Å². The summed E-state index contributed by atoms with van der Waals surface area (Å²) >= 11 is 0. The van der Waals surface area contributed by atoms with Crippen LogP contribution in [0.5, 0.6) is 0 Å². The first kappa shape index (κ1) is 31.5. The fourth-order valence-electron chi connectivity index (χ4n) is 5.79. The summed E-state index contributed by atoms with van der Waals surface area (Å²) in [6.07, 6.45) is 14.8. The van der Waals surface area contributed by atoms with Crippen LogP contribution >= 0.6 is 0 Å². The summed E-state index contributed by atoms with van der Waals surface area (Å²) in [5.74, 6) is 1.59. The van der Waals surface area contributed by atoms with E-state index in [1.165, 1.54) is 22.3 Å². The van der Waals surface area contributed by atoms with Crippen LogP contribution in [0.15, 0.2) is 141 Å². The van der Waals surface area contributed by atoms with Crippen LogP contribution in [-0.2, 0) is 11.3 Å². The minimum absolute atomic E-state index is 0. The number of aliphatic imine (C=N–C) groups is 1. The van der Waals surface area contributed by atoms with Gasteiger partial charge in [-0.25, -0.2) is 4.99 Å². The Morgan fingerprint density at radius 3 is 2.34 bits per heavy atom. The summed E-state index contributed by atoms with van der Waals surface area (Å²) in [6.45, 7) is 7.92. The van der Waals surface area contributed by atoms with E-state index >= 15 is 0 Å². The van der Waals surface area contributed by atoms with Crippen molar-refractivity contribution >= 4 is 22.9 Å². The lowest BCUT2D eigenvalue weighted by Crippen LogP contribution is -3.00. The standard InChI is InChI=1S/C39H39N2O2.HI/c1-4-28(25-37-41(6-3)35-26-32(22-23-36(35)43-37)30-18-12-8-13-19-30)24-34-33(5-2)39(42-27-29-16-10-7-11-17-29)40-38(34)31-20-14-9-15-21-31;/h7-10,12-16,18-26H,4-6,11,17,27H2,1-3H3;1H/q+1;/p-1. The molecule has 0 bridgehead atoms. The summed E-state index contributed by atoms with van der Waals surface area (Å²) < 4.78 is 15.1. The number of nitrogens with zero attached hydrogens (tertiary/aromatic N) is 2. The van der Waals surface area contributed by atoms with Crippen molar-refractivity contribution in [2.24, 2.45) is 4.99 Å². The van der Waals surface area contributed by atoms with Gasteiger partial charge in [0.15, 0.2) is 0 Å². The van der Waals surface area contributed by atoms with Crippen LogP contribution in [0.3, 0.4) is 0 Å². The molecule has 5 heteroatoms. The van der Waals surface area contributed by atoms with Gasteiger partial charge in [-0.1, -0.05) is 98.8 Å². The molecule has 0 N–H and O–H groups in total. The predicted octanol–water partition coefficient (Wildman–Crippen LogP) is 6.55. The van der Waals surface area contributed by atoms with Gasteiger partial charge in [0.2, 0.25) is 11.5 Å². The van der Waals surface area contributed by atoms with E-state index in [0.29, 0.717) is 6.61 Å². The van der Waals surface area contributed by atoms with Crippen LogP contribution in [0.4, 0.5) is 0 Å². The second-order valence-electron chi connectivity index (χ2n) is 10.9. The summed E-state index contributed by atoms with van der Waals surface area (Å²) in [6, 6.07) is 27.4. The maximum absolute atomic E-state index is 6.45. The van der Waals surface area contributed by atoms with Crippen molar-refractivity contribution in [3.63, 3.8) is 0 Å². The molecule has 4 aromatic rings. The van der Waals surface area contributed by atoms with E-state index in [2.05, 4.69) is 122 Å². The van der Waals surface area contributed by atoms with Crippen molar-refractivity contribution in [3.05, 3.63) is 143 Å². The first-order valence-electron chi connectivity index (χ1n) is 15.5. The van der Waals surface area contributed by atoms with Crippen molar-refractivity contribution in [2.45, 2.75) is 53.0 Å². The molecule has 224 valence electrons. The van der Waals surface area contributed by atoms with Crippen molar-refractivity contribution in [1.82, 2.24) is 0 Å². The predicted molar refractivity (Wildman–Crippen MR) is 177 cm³/mol. The third-order valence-electron chi connectivity index (χ3n) is 8.15. The first-order valence-corrected chi connectivity index (χ1v) is 15.5. The molecular formula is C39H39IN2O2. The summed E-state index contributed by atoms with van der Waals surface area (Å²) in [5, 5.41) is 0. The Kier molecular flexibility index (Phi) is 10.5. The van der Waals surface area contributed by atoms with Crippen LogP contribution in [0.1, 0.15) is 57.9 Å². The zero-order valence-electron chi connectivity index (χ0n) is 25.7. The number of rotatable bonds is 10. The summed E-state index contributed by atoms with van der Waals surface area (Å²) in [7, 11) is 0. The molecule has 2 heterocycles. The van der Waals surface area contributed by atoms with E-state index < -0.39 is 0 Å². The molecule has 0 atom stereocenters. The van der Waals surface area contributed by atoms with Gasteiger partial charge in [-0.2, -0.15) is 4.57 Å². The average molecular weight is 695 g/mol. The van der Waals surface area contributed by atoms with Gasteiger partial charge in [0.05, 0.1) is 11.8 Å². The molecule has 1 aromatic heterocycles. The van der Waals surface area contributed by atoms with Crippen LogP contribution < -0.4 is 28.5 Å². The molecule has 1 aliphatic carbocycles. The van der Waals surface area contributed by atoms with E-state index in [-0.39, 0.29) is 24.0 Å². The maximum Gasteiger partial charge on any atom is 0.374 e. The SMILES string of the molecule is CCC(=Cc1oc2ccc(-c3ccccc3)cc2[n+]1CC)C=C1C(c2ccccc2)=NC(OCC2=CC=CCC2)=C1CC.[I-]. The normalized spacial score (nSPS) is 15.9. The smallest absolute Gasteiger partial charge is 0.374 e. The molecule has 3 aromatic carbocycles. The molecule has 0 spiro atoms. The van der Waals surface area contributed by atoms with Crippen LogP contribution in [-0.4, -0.2) is 12.3 Å². The zero-order valence-corrected chi connectivity index (χ0v) is 27.9. The highest BCUT2D eigenvalue weighted by atomic mass is 127. The van der Waals surface area contributed by atoms with E-state index in [9.17, 15) is 0 Å². The van der Waals surface area contributed by atoms with Crippen molar-refractivity contribution in [3.8, 4) is 11.1 Å². The molecule has 2 aliphatic rings. The number of halogens is 1. The Bertz CT molecular complexity index is 1800. The van der Waals surface area contributed by atoms with Crippen molar-refractivity contribution in [1.29, 1.82) is 0 Å². The van der Waals surface area contributed by atoms with Gasteiger partial charge in [-0.3, -0.25) is 0 Å². The average Bonchev–Trinajstić information content (AvgIpc) is 3.60. The first-order chi connectivity index (χ1) is 21.2. The largest absolute Gasteiger partial charge is 1.00 e. The lowest BCUT2D eigenvalue weighted by molar-refractivity contribution is -0.674. The van der Waals surface area contributed by atoms with Gasteiger partial charge in [-0.15, -0.1) is 0 Å². The highest BCUT2D eigenvalue weighted by Crippen LogP contribution is 2.34. The fraction of sp³-hybridized carbons (Fsp3) is 0.231. The topological polar surface area (TPSA) is 38.6 Å². The van der Waals surface area contributed by atoms with Crippen molar-refractivity contribution in [2.75, 3.05) is 6.61 Å². The lowest BCUT2D eigenvalue weighted by atomic mass is 9.94. The van der Waals surface area contributed by atoms with Crippen LogP contribution in [0, 0.1) is 0 Å².